The number of carbonyl (C=O) groups excluding carboxylic acids is 1. The van der Waals surface area contributed by atoms with Crippen molar-refractivity contribution in [2.24, 2.45) is 0 Å². The van der Waals surface area contributed by atoms with Gasteiger partial charge in [-0.15, -0.1) is 10.2 Å². The molecular formula is C24H23ClN4O2. The van der Waals surface area contributed by atoms with Gasteiger partial charge in [0.1, 0.15) is 0 Å². The van der Waals surface area contributed by atoms with Crippen LogP contribution in [0.5, 0.6) is 0 Å². The Morgan fingerprint density at radius 2 is 1.90 bits per heavy atom. The molecule has 0 radical (unpaired) electrons. The summed E-state index contributed by atoms with van der Waals surface area (Å²) in [5.74, 6) is 0.619. The van der Waals surface area contributed by atoms with Crippen LogP contribution in [0.25, 0.3) is 22.4 Å². The third-order valence-electron chi connectivity index (χ3n) is 5.00. The quantitative estimate of drug-likeness (QED) is 0.394. The summed E-state index contributed by atoms with van der Waals surface area (Å²) >= 11 is 6.24. The summed E-state index contributed by atoms with van der Waals surface area (Å²) in [6.45, 7) is 6.72. The van der Waals surface area contributed by atoms with Gasteiger partial charge in [-0.05, 0) is 50.6 Å². The lowest BCUT2D eigenvalue weighted by Crippen LogP contribution is -2.31. The predicted molar refractivity (Wildman–Crippen MR) is 121 cm³/mol. The first-order valence-corrected chi connectivity index (χ1v) is 10.6. The molecule has 7 heteroatoms. The van der Waals surface area contributed by atoms with E-state index in [2.05, 4.69) is 15.2 Å². The molecule has 2 aromatic carbocycles. The van der Waals surface area contributed by atoms with Gasteiger partial charge in [0, 0.05) is 17.6 Å². The Kier molecular flexibility index (Phi) is 6.00. The second kappa shape index (κ2) is 8.86. The average molecular weight is 435 g/mol. The molecule has 0 aliphatic heterocycles. The molecule has 0 N–H and O–H groups in total. The molecule has 0 bridgehead atoms. The Labute approximate surface area is 185 Å². The SMILES string of the molecule is CCCN(Cc1nnc(-c2ccccc2Cl)o1)C(=O)c1cc(C)nc2ccc(C)cc12. The van der Waals surface area contributed by atoms with Gasteiger partial charge in [-0.2, -0.15) is 0 Å². The second-order valence-electron chi connectivity index (χ2n) is 7.54. The molecule has 0 fully saturated rings. The van der Waals surface area contributed by atoms with Crippen LogP contribution in [-0.2, 0) is 6.54 Å². The van der Waals surface area contributed by atoms with E-state index >= 15 is 0 Å². The van der Waals surface area contributed by atoms with Gasteiger partial charge in [-0.1, -0.05) is 42.3 Å². The van der Waals surface area contributed by atoms with Crippen LogP contribution in [0.1, 0.15) is 40.9 Å². The van der Waals surface area contributed by atoms with Crippen molar-refractivity contribution >= 4 is 28.4 Å². The molecule has 0 aliphatic carbocycles. The lowest BCUT2D eigenvalue weighted by atomic mass is 10.0. The molecule has 6 nitrogen and oxygen atoms in total. The van der Waals surface area contributed by atoms with Gasteiger partial charge in [0.05, 0.1) is 28.2 Å². The monoisotopic (exact) mass is 434 g/mol. The Balaban J connectivity index is 1.66. The van der Waals surface area contributed by atoms with Crippen molar-refractivity contribution in [2.75, 3.05) is 6.54 Å². The molecular weight excluding hydrogens is 412 g/mol. The van der Waals surface area contributed by atoms with Crippen LogP contribution >= 0.6 is 11.6 Å². The zero-order valence-electron chi connectivity index (χ0n) is 17.7. The molecule has 0 saturated heterocycles. The molecule has 2 aromatic heterocycles. The van der Waals surface area contributed by atoms with E-state index in [0.29, 0.717) is 34.5 Å². The van der Waals surface area contributed by atoms with Gasteiger partial charge >= 0.3 is 0 Å². The van der Waals surface area contributed by atoms with Crippen LogP contribution in [0.4, 0.5) is 0 Å². The minimum absolute atomic E-state index is 0.0829. The number of fused-ring (bicyclic) bond motifs is 1. The summed E-state index contributed by atoms with van der Waals surface area (Å²) in [7, 11) is 0. The van der Waals surface area contributed by atoms with Gasteiger partial charge in [-0.3, -0.25) is 9.78 Å². The molecule has 0 unspecified atom stereocenters. The van der Waals surface area contributed by atoms with Crippen LogP contribution in [0, 0.1) is 13.8 Å². The minimum Gasteiger partial charge on any atom is -0.419 e. The summed E-state index contributed by atoms with van der Waals surface area (Å²) < 4.78 is 5.83. The third-order valence-corrected chi connectivity index (χ3v) is 5.33. The van der Waals surface area contributed by atoms with Crippen molar-refractivity contribution in [3.63, 3.8) is 0 Å². The number of benzene rings is 2. The first-order valence-electron chi connectivity index (χ1n) is 10.2. The molecule has 4 rings (SSSR count). The fraction of sp³-hybridized carbons (Fsp3) is 0.250. The number of rotatable bonds is 6. The maximum absolute atomic E-state index is 13.5. The minimum atomic E-state index is -0.0829. The Morgan fingerprint density at radius 3 is 2.68 bits per heavy atom. The van der Waals surface area contributed by atoms with E-state index in [-0.39, 0.29) is 12.5 Å². The summed E-state index contributed by atoms with van der Waals surface area (Å²) in [5.41, 5.74) is 3.99. The summed E-state index contributed by atoms with van der Waals surface area (Å²) in [6.07, 6.45) is 0.804. The van der Waals surface area contributed by atoms with Crippen LogP contribution in [0.2, 0.25) is 5.02 Å². The van der Waals surface area contributed by atoms with Crippen molar-refractivity contribution in [1.82, 2.24) is 20.1 Å². The van der Waals surface area contributed by atoms with Crippen LogP contribution in [0.15, 0.2) is 52.9 Å². The first-order chi connectivity index (χ1) is 15.0. The van der Waals surface area contributed by atoms with E-state index in [1.807, 2.05) is 63.2 Å². The van der Waals surface area contributed by atoms with Gasteiger partial charge in [0.25, 0.3) is 5.91 Å². The van der Waals surface area contributed by atoms with Gasteiger partial charge in [0.15, 0.2) is 0 Å². The number of amides is 1. The Hall–Kier alpha value is -3.25. The van der Waals surface area contributed by atoms with Crippen molar-refractivity contribution in [3.8, 4) is 11.5 Å². The van der Waals surface area contributed by atoms with Gasteiger partial charge in [-0.25, -0.2) is 0 Å². The number of aryl methyl sites for hydroxylation is 2. The fourth-order valence-electron chi connectivity index (χ4n) is 3.57. The van der Waals surface area contributed by atoms with Crippen molar-refractivity contribution in [1.29, 1.82) is 0 Å². The number of carbonyl (C=O) groups is 1. The third kappa shape index (κ3) is 4.44. The molecule has 0 atom stereocenters. The summed E-state index contributed by atoms with van der Waals surface area (Å²) in [5, 5.41) is 9.65. The van der Waals surface area contributed by atoms with E-state index < -0.39 is 0 Å². The highest BCUT2D eigenvalue weighted by atomic mass is 35.5. The molecule has 1 amide bonds. The highest BCUT2D eigenvalue weighted by Gasteiger charge is 2.22. The Bertz CT molecular complexity index is 1250. The fourth-order valence-corrected chi connectivity index (χ4v) is 3.78. The molecule has 31 heavy (non-hydrogen) atoms. The second-order valence-corrected chi connectivity index (χ2v) is 7.95. The van der Waals surface area contributed by atoms with Gasteiger partial charge < -0.3 is 9.32 Å². The van der Waals surface area contributed by atoms with Gasteiger partial charge in [0.2, 0.25) is 11.8 Å². The summed E-state index contributed by atoms with van der Waals surface area (Å²) in [4.78, 5) is 19.8. The number of hydrogen-bond acceptors (Lipinski definition) is 5. The van der Waals surface area contributed by atoms with E-state index in [1.165, 1.54) is 0 Å². The standard InChI is InChI=1S/C24H23ClN4O2/c1-4-11-29(14-22-27-28-23(31-22)17-7-5-6-8-20(17)25)24(30)19-13-16(3)26-21-10-9-15(2)12-18(19)21/h5-10,12-13H,4,11,14H2,1-3H3. The molecule has 0 spiro atoms. The normalized spacial score (nSPS) is 11.1. The predicted octanol–water partition coefficient (Wildman–Crippen LogP) is 5.61. The summed E-state index contributed by atoms with van der Waals surface area (Å²) in [6, 6.07) is 15.1. The Morgan fingerprint density at radius 1 is 1.10 bits per heavy atom. The van der Waals surface area contributed by atoms with E-state index in [9.17, 15) is 4.79 Å². The van der Waals surface area contributed by atoms with Crippen molar-refractivity contribution < 1.29 is 9.21 Å². The number of aromatic nitrogens is 3. The van der Waals surface area contributed by atoms with Crippen LogP contribution in [0.3, 0.4) is 0 Å². The van der Waals surface area contributed by atoms with Crippen molar-refractivity contribution in [3.05, 3.63) is 76.3 Å². The number of halogens is 1. The number of pyridine rings is 1. The maximum atomic E-state index is 13.5. The van der Waals surface area contributed by atoms with E-state index in [0.717, 1.165) is 28.6 Å². The van der Waals surface area contributed by atoms with Crippen molar-refractivity contribution in [2.45, 2.75) is 33.7 Å². The topological polar surface area (TPSA) is 72.1 Å². The van der Waals surface area contributed by atoms with Crippen LogP contribution < -0.4 is 0 Å². The first kappa shape index (κ1) is 21.0. The molecule has 158 valence electrons. The zero-order chi connectivity index (χ0) is 22.0. The molecule has 0 aliphatic rings. The molecule has 0 saturated carbocycles. The lowest BCUT2D eigenvalue weighted by molar-refractivity contribution is 0.0730. The molecule has 4 aromatic rings. The largest absolute Gasteiger partial charge is 0.419 e. The van der Waals surface area contributed by atoms with E-state index in [1.54, 1.807) is 11.0 Å². The average Bonchev–Trinajstić information content (AvgIpc) is 3.21. The lowest BCUT2D eigenvalue weighted by Gasteiger charge is -2.21. The highest BCUT2D eigenvalue weighted by molar-refractivity contribution is 6.33. The molecule has 2 heterocycles. The number of hydrogen-bond donors (Lipinski definition) is 0. The van der Waals surface area contributed by atoms with Crippen LogP contribution in [-0.4, -0.2) is 32.5 Å². The maximum Gasteiger partial charge on any atom is 0.255 e. The highest BCUT2D eigenvalue weighted by Crippen LogP contribution is 2.27. The smallest absolute Gasteiger partial charge is 0.255 e. The van der Waals surface area contributed by atoms with E-state index in [4.69, 9.17) is 16.0 Å². The zero-order valence-corrected chi connectivity index (χ0v) is 18.5. The number of nitrogens with zero attached hydrogens (tertiary/aromatic N) is 4.